The molecule has 1 aromatic carbocycles. The molecule has 1 rings (SSSR count). The van der Waals surface area contributed by atoms with Crippen LogP contribution in [-0.4, -0.2) is 25.1 Å². The summed E-state index contributed by atoms with van der Waals surface area (Å²) >= 11 is 5.78. The first-order valence-corrected chi connectivity index (χ1v) is 5.39. The van der Waals surface area contributed by atoms with E-state index in [0.29, 0.717) is 23.9 Å². The molecule has 0 aliphatic rings. The topological polar surface area (TPSA) is 64.4 Å². The zero-order valence-corrected chi connectivity index (χ0v) is 11.1. The van der Waals surface area contributed by atoms with E-state index in [-0.39, 0.29) is 18.3 Å². The van der Waals surface area contributed by atoms with Gasteiger partial charge in [-0.3, -0.25) is 4.79 Å². The van der Waals surface area contributed by atoms with Crippen molar-refractivity contribution in [1.82, 2.24) is 5.32 Å². The van der Waals surface area contributed by atoms with Gasteiger partial charge in [0, 0.05) is 5.02 Å². The first kappa shape index (κ1) is 16.0. The van der Waals surface area contributed by atoms with Crippen LogP contribution in [0.2, 0.25) is 5.02 Å². The predicted octanol–water partition coefficient (Wildman–Crippen LogP) is 1.60. The van der Waals surface area contributed by atoms with Gasteiger partial charge in [-0.1, -0.05) is 17.7 Å². The number of hydrogen-bond donors (Lipinski definition) is 2. The fourth-order valence-corrected chi connectivity index (χ4v) is 1.24. The second-order valence-electron chi connectivity index (χ2n) is 3.39. The van der Waals surface area contributed by atoms with Crippen LogP contribution >= 0.6 is 24.0 Å². The first-order chi connectivity index (χ1) is 7.59. The van der Waals surface area contributed by atoms with Gasteiger partial charge >= 0.3 is 0 Å². The Morgan fingerprint density at radius 3 is 2.88 bits per heavy atom. The molecule has 0 radical (unpaired) electrons. The minimum atomic E-state index is -0.494. The third-order valence-electron chi connectivity index (χ3n) is 1.88. The van der Waals surface area contributed by atoms with E-state index in [9.17, 15) is 4.79 Å². The van der Waals surface area contributed by atoms with Crippen molar-refractivity contribution in [2.75, 3.05) is 13.2 Å². The summed E-state index contributed by atoms with van der Waals surface area (Å²) in [6, 6.07) is 6.60. The van der Waals surface area contributed by atoms with Crippen LogP contribution in [0.5, 0.6) is 5.75 Å². The number of carbonyl (C=O) groups excluding carboxylic acids is 1. The van der Waals surface area contributed by atoms with E-state index >= 15 is 0 Å². The van der Waals surface area contributed by atoms with E-state index in [4.69, 9.17) is 22.1 Å². The lowest BCUT2D eigenvalue weighted by Crippen LogP contribution is -2.40. The number of nitrogens with two attached hydrogens (primary N) is 1. The minimum absolute atomic E-state index is 0. The number of hydrogen-bond acceptors (Lipinski definition) is 3. The van der Waals surface area contributed by atoms with Crippen LogP contribution in [0.1, 0.15) is 6.92 Å². The van der Waals surface area contributed by atoms with Crippen molar-refractivity contribution in [3.63, 3.8) is 0 Å². The molecule has 0 aliphatic carbocycles. The van der Waals surface area contributed by atoms with Crippen molar-refractivity contribution in [3.8, 4) is 5.75 Å². The lowest BCUT2D eigenvalue weighted by Gasteiger charge is -2.09. The summed E-state index contributed by atoms with van der Waals surface area (Å²) in [4.78, 5) is 11.1. The third-order valence-corrected chi connectivity index (χ3v) is 2.11. The molecule has 17 heavy (non-hydrogen) atoms. The Hall–Kier alpha value is -0.970. The van der Waals surface area contributed by atoms with Gasteiger partial charge < -0.3 is 15.8 Å². The van der Waals surface area contributed by atoms with Crippen LogP contribution in [0.3, 0.4) is 0 Å². The van der Waals surface area contributed by atoms with Gasteiger partial charge in [-0.2, -0.15) is 0 Å². The Morgan fingerprint density at radius 2 is 2.29 bits per heavy atom. The molecule has 96 valence electrons. The molecule has 1 aromatic rings. The fourth-order valence-electron chi connectivity index (χ4n) is 1.06. The van der Waals surface area contributed by atoms with Crippen molar-refractivity contribution in [1.29, 1.82) is 0 Å². The summed E-state index contributed by atoms with van der Waals surface area (Å²) in [6.45, 7) is 2.44. The van der Waals surface area contributed by atoms with Gasteiger partial charge in [0.2, 0.25) is 5.91 Å². The van der Waals surface area contributed by atoms with Crippen LogP contribution in [0.25, 0.3) is 0 Å². The molecule has 6 heteroatoms. The van der Waals surface area contributed by atoms with Crippen molar-refractivity contribution >= 4 is 29.9 Å². The van der Waals surface area contributed by atoms with E-state index in [1.54, 1.807) is 31.2 Å². The summed E-state index contributed by atoms with van der Waals surface area (Å²) in [7, 11) is 0. The van der Waals surface area contributed by atoms with Crippen molar-refractivity contribution in [2.24, 2.45) is 5.73 Å². The Bertz CT molecular complexity index is 359. The zero-order valence-electron chi connectivity index (χ0n) is 9.48. The number of benzene rings is 1. The SMILES string of the molecule is C[C@H](N)C(=O)NCCOc1cccc(Cl)c1.Cl. The van der Waals surface area contributed by atoms with Gasteiger partial charge in [-0.15, -0.1) is 12.4 Å². The molecule has 0 heterocycles. The molecule has 1 atom stereocenters. The number of rotatable bonds is 5. The Labute approximate surface area is 112 Å². The highest BCUT2D eigenvalue weighted by atomic mass is 35.5. The molecule has 1 amide bonds. The van der Waals surface area contributed by atoms with Crippen LogP contribution in [-0.2, 0) is 4.79 Å². The molecule has 0 aromatic heterocycles. The van der Waals surface area contributed by atoms with E-state index in [1.165, 1.54) is 0 Å². The third kappa shape index (κ3) is 6.36. The molecule has 0 bridgehead atoms. The second kappa shape index (κ2) is 8.17. The first-order valence-electron chi connectivity index (χ1n) is 5.01. The molecule has 3 N–H and O–H groups in total. The number of nitrogens with one attached hydrogen (secondary N) is 1. The molecule has 0 saturated carbocycles. The maximum atomic E-state index is 11.1. The van der Waals surface area contributed by atoms with E-state index in [2.05, 4.69) is 5.32 Å². The normalized spacial score (nSPS) is 11.2. The van der Waals surface area contributed by atoms with Crippen LogP contribution in [0.15, 0.2) is 24.3 Å². The Kier molecular flexibility index (Phi) is 7.70. The summed E-state index contributed by atoms with van der Waals surface area (Å²) in [6.07, 6.45) is 0. The van der Waals surface area contributed by atoms with Crippen molar-refractivity contribution in [3.05, 3.63) is 29.3 Å². The number of carbonyl (C=O) groups is 1. The summed E-state index contributed by atoms with van der Waals surface area (Å²) < 4.78 is 5.38. The zero-order chi connectivity index (χ0) is 12.0. The standard InChI is InChI=1S/C11H15ClN2O2.ClH/c1-8(13)11(15)14-5-6-16-10-4-2-3-9(12)7-10;/h2-4,7-8H,5-6,13H2,1H3,(H,14,15);1H/t8-;/m0./s1. The average molecular weight is 279 g/mol. The Balaban J connectivity index is 0.00000256. The molecule has 0 spiro atoms. The summed E-state index contributed by atoms with van der Waals surface area (Å²) in [5, 5.41) is 3.27. The van der Waals surface area contributed by atoms with Gasteiger partial charge in [0.05, 0.1) is 12.6 Å². The molecule has 0 aliphatic heterocycles. The van der Waals surface area contributed by atoms with Crippen LogP contribution in [0, 0.1) is 0 Å². The molecular weight excluding hydrogens is 263 g/mol. The van der Waals surface area contributed by atoms with Crippen LogP contribution in [0.4, 0.5) is 0 Å². The van der Waals surface area contributed by atoms with E-state index in [1.807, 2.05) is 0 Å². The van der Waals surface area contributed by atoms with Gasteiger partial charge in [0.15, 0.2) is 0 Å². The second-order valence-corrected chi connectivity index (χ2v) is 3.82. The van der Waals surface area contributed by atoms with E-state index < -0.39 is 6.04 Å². The van der Waals surface area contributed by atoms with Gasteiger partial charge in [-0.05, 0) is 25.1 Å². The highest BCUT2D eigenvalue weighted by Gasteiger charge is 2.05. The van der Waals surface area contributed by atoms with Crippen molar-refractivity contribution in [2.45, 2.75) is 13.0 Å². The van der Waals surface area contributed by atoms with Gasteiger partial charge in [-0.25, -0.2) is 0 Å². The predicted molar refractivity (Wildman–Crippen MR) is 70.9 cm³/mol. The number of amides is 1. The fraction of sp³-hybridized carbons (Fsp3) is 0.364. The lowest BCUT2D eigenvalue weighted by molar-refractivity contribution is -0.122. The van der Waals surface area contributed by atoms with Crippen LogP contribution < -0.4 is 15.8 Å². The maximum absolute atomic E-state index is 11.1. The van der Waals surface area contributed by atoms with Crippen molar-refractivity contribution < 1.29 is 9.53 Å². The average Bonchev–Trinajstić information content (AvgIpc) is 2.24. The number of ether oxygens (including phenoxy) is 1. The Morgan fingerprint density at radius 1 is 1.59 bits per heavy atom. The number of halogens is 2. The molecule has 4 nitrogen and oxygen atoms in total. The lowest BCUT2D eigenvalue weighted by atomic mass is 10.3. The van der Waals surface area contributed by atoms with E-state index in [0.717, 1.165) is 0 Å². The molecule has 0 saturated heterocycles. The monoisotopic (exact) mass is 278 g/mol. The highest BCUT2D eigenvalue weighted by Crippen LogP contribution is 2.16. The quantitative estimate of drug-likeness (QED) is 0.805. The molecule has 0 unspecified atom stereocenters. The minimum Gasteiger partial charge on any atom is -0.492 e. The maximum Gasteiger partial charge on any atom is 0.236 e. The largest absolute Gasteiger partial charge is 0.492 e. The highest BCUT2D eigenvalue weighted by molar-refractivity contribution is 6.30. The van der Waals surface area contributed by atoms with Gasteiger partial charge in [0.25, 0.3) is 0 Å². The molecule has 0 fully saturated rings. The summed E-state index contributed by atoms with van der Waals surface area (Å²) in [5.74, 6) is 0.497. The summed E-state index contributed by atoms with van der Waals surface area (Å²) in [5.41, 5.74) is 5.38. The van der Waals surface area contributed by atoms with Gasteiger partial charge in [0.1, 0.15) is 12.4 Å². The smallest absolute Gasteiger partial charge is 0.236 e. The molecular formula is C11H16Cl2N2O2.